The van der Waals surface area contributed by atoms with Gasteiger partial charge in [-0.3, -0.25) is 0 Å². The van der Waals surface area contributed by atoms with Crippen LogP contribution in [0.3, 0.4) is 0 Å². The summed E-state index contributed by atoms with van der Waals surface area (Å²) < 4.78 is 0. The fraction of sp³-hybridized carbons (Fsp3) is 0.833. The molecule has 0 heterocycles. The number of carbonyl (C=O) groups is 1. The van der Waals surface area contributed by atoms with E-state index in [9.17, 15) is 4.79 Å². The van der Waals surface area contributed by atoms with E-state index in [0.717, 1.165) is 0 Å². The Labute approximate surface area is 92.0 Å². The van der Waals surface area contributed by atoms with Gasteiger partial charge in [-0.1, -0.05) is 0 Å². The van der Waals surface area contributed by atoms with Gasteiger partial charge in [-0.2, -0.15) is 5.48 Å². The minimum Gasteiger partial charge on any atom is -0.369 e. The summed E-state index contributed by atoms with van der Waals surface area (Å²) in [6.07, 6.45) is 0. The fourth-order valence-electron chi connectivity index (χ4n) is 0.519. The molecular weight excluding hydrogens is 355 g/mol. The molecule has 0 amide bonds. The molecule has 0 saturated carbocycles. The van der Waals surface area contributed by atoms with Crippen LogP contribution in [0.1, 0.15) is 0 Å². The topological polar surface area (TPSA) is 102 Å². The Morgan fingerprint density at radius 1 is 1.23 bits per heavy atom. The van der Waals surface area contributed by atoms with E-state index in [4.69, 9.17) is 11.5 Å². The second-order valence-corrected chi connectivity index (χ2v) is 2.12. The predicted molar refractivity (Wildman–Crippen MR) is 45.1 cm³/mol. The number of hydrogen-bond donors (Lipinski definition) is 4. The van der Waals surface area contributed by atoms with Crippen molar-refractivity contribution in [2.24, 2.45) is 11.5 Å². The van der Waals surface area contributed by atoms with E-state index in [2.05, 4.69) is 15.6 Å². The Balaban J connectivity index is 0. The molecule has 0 atom stereocenters. The quantitative estimate of drug-likeness (QED) is 0.293. The zero-order valence-electron chi connectivity index (χ0n) is 7.32. The number of nitrogens with two attached hydrogens (primary N) is 2. The summed E-state index contributed by atoms with van der Waals surface area (Å²) in [6.45, 7) is 2.16. The average Bonchev–Trinajstić information content (AvgIpc) is 2.06. The van der Waals surface area contributed by atoms with Crippen molar-refractivity contribution < 1.29 is 30.7 Å². The van der Waals surface area contributed by atoms with Gasteiger partial charge in [-0.15, -0.1) is 0 Å². The van der Waals surface area contributed by atoms with Crippen molar-refractivity contribution in [1.82, 2.24) is 10.8 Å². The molecule has 6 N–H and O–H groups in total. The molecule has 0 fully saturated rings. The molecule has 0 saturated heterocycles. The van der Waals surface area contributed by atoms with Gasteiger partial charge >= 0.3 is 5.97 Å². The third-order valence-electron chi connectivity index (χ3n) is 1.02. The summed E-state index contributed by atoms with van der Waals surface area (Å²) >= 11 is 0. The maximum absolute atomic E-state index is 10.8. The minimum absolute atomic E-state index is 0. The molecule has 0 aliphatic heterocycles. The SMILES string of the molecule is NCCNCC(=O)ONCCN.[Pt]. The van der Waals surface area contributed by atoms with Crippen LogP contribution in [-0.4, -0.2) is 38.7 Å². The summed E-state index contributed by atoms with van der Waals surface area (Å²) in [5, 5.41) is 2.79. The van der Waals surface area contributed by atoms with Gasteiger partial charge in [0.05, 0.1) is 6.54 Å². The molecule has 0 unspecified atom stereocenters. The molecule has 13 heavy (non-hydrogen) atoms. The molecule has 82 valence electrons. The van der Waals surface area contributed by atoms with Crippen LogP contribution in [0.5, 0.6) is 0 Å². The van der Waals surface area contributed by atoms with Crippen LogP contribution in [0.2, 0.25) is 0 Å². The van der Waals surface area contributed by atoms with E-state index in [0.29, 0.717) is 26.2 Å². The Morgan fingerprint density at radius 2 is 1.85 bits per heavy atom. The van der Waals surface area contributed by atoms with Gasteiger partial charge in [-0.05, 0) is 0 Å². The van der Waals surface area contributed by atoms with Crippen LogP contribution < -0.4 is 22.3 Å². The first-order valence-electron chi connectivity index (χ1n) is 3.84. The normalized spacial score (nSPS) is 9.08. The summed E-state index contributed by atoms with van der Waals surface area (Å²) in [5.74, 6) is -0.364. The third-order valence-corrected chi connectivity index (χ3v) is 1.02. The first-order chi connectivity index (χ1) is 5.81. The second kappa shape index (κ2) is 12.0. The number of nitrogens with one attached hydrogen (secondary N) is 2. The van der Waals surface area contributed by atoms with E-state index in [-0.39, 0.29) is 33.6 Å². The van der Waals surface area contributed by atoms with E-state index >= 15 is 0 Å². The summed E-state index contributed by atoms with van der Waals surface area (Å²) in [4.78, 5) is 15.3. The van der Waals surface area contributed by atoms with Gasteiger partial charge in [0.15, 0.2) is 0 Å². The fourth-order valence-corrected chi connectivity index (χ4v) is 0.519. The van der Waals surface area contributed by atoms with E-state index in [1.807, 2.05) is 0 Å². The van der Waals surface area contributed by atoms with E-state index in [1.165, 1.54) is 0 Å². The van der Waals surface area contributed by atoms with Gasteiger partial charge in [0.2, 0.25) is 0 Å². The molecule has 0 aromatic heterocycles. The Morgan fingerprint density at radius 3 is 2.38 bits per heavy atom. The van der Waals surface area contributed by atoms with Crippen LogP contribution in [0.4, 0.5) is 0 Å². The molecule has 0 rings (SSSR count). The van der Waals surface area contributed by atoms with Crippen molar-refractivity contribution in [1.29, 1.82) is 0 Å². The van der Waals surface area contributed by atoms with Crippen molar-refractivity contribution in [3.8, 4) is 0 Å². The van der Waals surface area contributed by atoms with Crippen molar-refractivity contribution >= 4 is 5.97 Å². The molecule has 0 aromatic rings. The van der Waals surface area contributed by atoms with Crippen LogP contribution in [0, 0.1) is 0 Å². The Hall–Kier alpha value is -0.00169. The number of carbonyl (C=O) groups excluding carboxylic acids is 1. The van der Waals surface area contributed by atoms with Crippen LogP contribution in [-0.2, 0) is 30.7 Å². The third kappa shape index (κ3) is 12.0. The molecule has 0 aromatic carbocycles. The Bertz CT molecular complexity index is 113. The molecule has 0 aliphatic carbocycles. The van der Waals surface area contributed by atoms with Gasteiger partial charge in [0, 0.05) is 47.2 Å². The van der Waals surface area contributed by atoms with Crippen LogP contribution in [0.15, 0.2) is 0 Å². The number of hydroxylamine groups is 1. The number of hydrogen-bond acceptors (Lipinski definition) is 6. The monoisotopic (exact) mass is 371 g/mol. The maximum Gasteiger partial charge on any atom is 0.338 e. The zero-order valence-corrected chi connectivity index (χ0v) is 9.60. The van der Waals surface area contributed by atoms with Gasteiger partial charge in [0.1, 0.15) is 0 Å². The molecule has 0 aliphatic rings. The smallest absolute Gasteiger partial charge is 0.338 e. The van der Waals surface area contributed by atoms with Crippen LogP contribution >= 0.6 is 0 Å². The van der Waals surface area contributed by atoms with E-state index in [1.54, 1.807) is 0 Å². The first kappa shape index (κ1) is 15.5. The van der Waals surface area contributed by atoms with Gasteiger partial charge in [0.25, 0.3) is 0 Å². The standard InChI is InChI=1S/C6H16N4O2.Pt/c7-1-3-9-5-6(11)12-10-4-2-8;/h9-10H,1-5,7-8H2;. The second-order valence-electron chi connectivity index (χ2n) is 2.12. The summed E-state index contributed by atoms with van der Waals surface area (Å²) in [6, 6.07) is 0. The van der Waals surface area contributed by atoms with Gasteiger partial charge in [-0.25, -0.2) is 4.79 Å². The zero-order chi connectivity index (χ0) is 9.23. The average molecular weight is 371 g/mol. The van der Waals surface area contributed by atoms with Gasteiger partial charge < -0.3 is 21.6 Å². The molecular formula is C6H16N4O2Pt. The van der Waals surface area contributed by atoms with Crippen molar-refractivity contribution in [3.05, 3.63) is 0 Å². The molecule has 6 nitrogen and oxygen atoms in total. The largest absolute Gasteiger partial charge is 0.369 e. The summed E-state index contributed by atoms with van der Waals surface area (Å²) in [5.41, 5.74) is 12.8. The van der Waals surface area contributed by atoms with Crippen molar-refractivity contribution in [2.45, 2.75) is 0 Å². The van der Waals surface area contributed by atoms with Crippen molar-refractivity contribution in [2.75, 3.05) is 32.7 Å². The first-order valence-corrected chi connectivity index (χ1v) is 3.84. The summed E-state index contributed by atoms with van der Waals surface area (Å²) in [7, 11) is 0. The molecule has 0 spiro atoms. The van der Waals surface area contributed by atoms with Crippen molar-refractivity contribution in [3.63, 3.8) is 0 Å². The predicted octanol–water partition coefficient (Wildman–Crippen LogP) is -2.46. The maximum atomic E-state index is 10.8. The Kier molecular flexibility index (Phi) is 14.3. The molecule has 7 heteroatoms. The van der Waals surface area contributed by atoms with E-state index < -0.39 is 0 Å². The molecule has 0 radical (unpaired) electrons. The number of rotatable bonds is 7. The minimum atomic E-state index is -0.364. The molecule has 0 bridgehead atoms. The van der Waals surface area contributed by atoms with Crippen LogP contribution in [0.25, 0.3) is 0 Å².